The minimum Gasteiger partial charge on any atom is -0.273 e. The minimum atomic E-state index is -0.474. The standard InChI is InChI=1S/C16H22ClFN2O/c1-16(2,8-4-9-17)15(21)20-14(7-10-19-20)12-5-3-6-13(18)11-12/h3,5-6,11,14,19H,4,7-10H2,1-2H3. The summed E-state index contributed by atoms with van der Waals surface area (Å²) in [5.41, 5.74) is 3.50. The number of halogens is 2. The Morgan fingerprint density at radius 2 is 2.29 bits per heavy atom. The average Bonchev–Trinajstić information content (AvgIpc) is 2.93. The fraction of sp³-hybridized carbons (Fsp3) is 0.562. The van der Waals surface area contributed by atoms with Crippen LogP contribution in [-0.4, -0.2) is 23.3 Å². The van der Waals surface area contributed by atoms with Gasteiger partial charge in [0.15, 0.2) is 0 Å². The predicted molar refractivity (Wildman–Crippen MR) is 82.3 cm³/mol. The number of nitrogens with zero attached hydrogens (tertiary/aromatic N) is 1. The van der Waals surface area contributed by atoms with Crippen LogP contribution in [0.3, 0.4) is 0 Å². The van der Waals surface area contributed by atoms with Crippen molar-refractivity contribution in [2.45, 2.75) is 39.2 Å². The van der Waals surface area contributed by atoms with Crippen LogP contribution in [0.5, 0.6) is 0 Å². The van der Waals surface area contributed by atoms with E-state index in [2.05, 4.69) is 5.43 Å². The van der Waals surface area contributed by atoms with Gasteiger partial charge in [-0.25, -0.2) is 9.82 Å². The molecule has 5 heteroatoms. The van der Waals surface area contributed by atoms with E-state index < -0.39 is 5.41 Å². The van der Waals surface area contributed by atoms with Gasteiger partial charge in [-0.05, 0) is 37.0 Å². The molecule has 0 radical (unpaired) electrons. The van der Waals surface area contributed by atoms with Crippen molar-refractivity contribution in [3.8, 4) is 0 Å². The van der Waals surface area contributed by atoms with Crippen molar-refractivity contribution in [3.05, 3.63) is 35.6 Å². The second-order valence-corrected chi connectivity index (χ2v) is 6.50. The zero-order valence-electron chi connectivity index (χ0n) is 12.5. The van der Waals surface area contributed by atoms with E-state index in [1.54, 1.807) is 11.1 Å². The number of nitrogens with one attached hydrogen (secondary N) is 1. The van der Waals surface area contributed by atoms with E-state index >= 15 is 0 Å². The molecule has 1 atom stereocenters. The summed E-state index contributed by atoms with van der Waals surface area (Å²) < 4.78 is 13.4. The molecule has 0 saturated carbocycles. The molecule has 1 fully saturated rings. The molecular weight excluding hydrogens is 291 g/mol. The third kappa shape index (κ3) is 3.74. The first-order valence-electron chi connectivity index (χ1n) is 7.34. The van der Waals surface area contributed by atoms with Crippen molar-refractivity contribution in [1.82, 2.24) is 10.4 Å². The largest absolute Gasteiger partial charge is 0.273 e. The fourth-order valence-corrected chi connectivity index (χ4v) is 2.88. The highest BCUT2D eigenvalue weighted by molar-refractivity contribution is 6.17. The molecule has 21 heavy (non-hydrogen) atoms. The summed E-state index contributed by atoms with van der Waals surface area (Å²) >= 11 is 5.73. The smallest absolute Gasteiger partial charge is 0.242 e. The molecule has 1 saturated heterocycles. The third-order valence-corrected chi connectivity index (χ3v) is 4.25. The Labute approximate surface area is 130 Å². The van der Waals surface area contributed by atoms with Gasteiger partial charge in [-0.1, -0.05) is 26.0 Å². The van der Waals surface area contributed by atoms with Crippen molar-refractivity contribution >= 4 is 17.5 Å². The van der Waals surface area contributed by atoms with E-state index in [1.165, 1.54) is 12.1 Å². The Kier molecular flexibility index (Phi) is 5.22. The molecular formula is C16H22ClFN2O. The molecule has 3 nitrogen and oxygen atoms in total. The van der Waals surface area contributed by atoms with Gasteiger partial charge in [-0.15, -0.1) is 11.6 Å². The van der Waals surface area contributed by atoms with Crippen LogP contribution < -0.4 is 5.43 Å². The van der Waals surface area contributed by atoms with Crippen LogP contribution >= 0.6 is 11.6 Å². The van der Waals surface area contributed by atoms with E-state index in [0.717, 1.165) is 31.4 Å². The van der Waals surface area contributed by atoms with Gasteiger partial charge in [0.05, 0.1) is 6.04 Å². The average molecular weight is 313 g/mol. The van der Waals surface area contributed by atoms with Crippen molar-refractivity contribution in [3.63, 3.8) is 0 Å². The van der Waals surface area contributed by atoms with Crippen LogP contribution in [-0.2, 0) is 4.79 Å². The van der Waals surface area contributed by atoms with Crippen molar-refractivity contribution < 1.29 is 9.18 Å². The van der Waals surface area contributed by atoms with Crippen molar-refractivity contribution in [1.29, 1.82) is 0 Å². The molecule has 0 spiro atoms. The van der Waals surface area contributed by atoms with Gasteiger partial charge in [-0.3, -0.25) is 9.80 Å². The third-order valence-electron chi connectivity index (χ3n) is 3.98. The predicted octanol–water partition coefficient (Wildman–Crippen LogP) is 3.65. The van der Waals surface area contributed by atoms with Crippen LogP contribution in [0.2, 0.25) is 0 Å². The molecule has 1 N–H and O–H groups in total. The maximum Gasteiger partial charge on any atom is 0.242 e. The Morgan fingerprint density at radius 1 is 1.52 bits per heavy atom. The number of carbonyl (C=O) groups excluding carboxylic acids is 1. The second-order valence-electron chi connectivity index (χ2n) is 6.12. The van der Waals surface area contributed by atoms with Gasteiger partial charge in [0.25, 0.3) is 0 Å². The van der Waals surface area contributed by atoms with E-state index in [9.17, 15) is 9.18 Å². The lowest BCUT2D eigenvalue weighted by atomic mass is 9.86. The lowest BCUT2D eigenvalue weighted by Crippen LogP contribution is -2.46. The first kappa shape index (κ1) is 16.2. The summed E-state index contributed by atoms with van der Waals surface area (Å²) in [4.78, 5) is 12.8. The fourth-order valence-electron chi connectivity index (χ4n) is 2.75. The van der Waals surface area contributed by atoms with Crippen LogP contribution in [0.15, 0.2) is 24.3 Å². The van der Waals surface area contributed by atoms with Gasteiger partial charge >= 0.3 is 0 Å². The molecule has 0 aromatic heterocycles. The molecule has 0 bridgehead atoms. The van der Waals surface area contributed by atoms with E-state index in [4.69, 9.17) is 11.6 Å². The molecule has 1 heterocycles. The number of hydrogen-bond donors (Lipinski definition) is 1. The molecule has 0 aliphatic carbocycles. The van der Waals surface area contributed by atoms with Crippen LogP contribution in [0.4, 0.5) is 4.39 Å². The van der Waals surface area contributed by atoms with E-state index in [-0.39, 0.29) is 17.8 Å². The summed E-state index contributed by atoms with van der Waals surface area (Å²) in [6, 6.07) is 6.37. The summed E-state index contributed by atoms with van der Waals surface area (Å²) in [7, 11) is 0. The molecule has 1 aromatic carbocycles. The van der Waals surface area contributed by atoms with Gasteiger partial charge in [0, 0.05) is 17.8 Å². The number of hydrogen-bond acceptors (Lipinski definition) is 2. The molecule has 1 aliphatic rings. The summed E-state index contributed by atoms with van der Waals surface area (Å²) in [6.07, 6.45) is 2.34. The molecule has 2 rings (SSSR count). The molecule has 1 unspecified atom stereocenters. The number of alkyl halides is 1. The highest BCUT2D eigenvalue weighted by Crippen LogP contribution is 2.33. The zero-order valence-corrected chi connectivity index (χ0v) is 13.3. The molecule has 1 aromatic rings. The zero-order chi connectivity index (χ0) is 15.5. The molecule has 1 amide bonds. The summed E-state index contributed by atoms with van der Waals surface area (Å²) in [6.45, 7) is 4.59. The lowest BCUT2D eigenvalue weighted by Gasteiger charge is -2.33. The number of hydrazine groups is 1. The molecule has 1 aliphatic heterocycles. The van der Waals surface area contributed by atoms with Crippen LogP contribution in [0.25, 0.3) is 0 Å². The Balaban J connectivity index is 2.16. The van der Waals surface area contributed by atoms with Gasteiger partial charge < -0.3 is 0 Å². The Bertz CT molecular complexity index is 507. The first-order chi connectivity index (χ1) is 9.95. The van der Waals surface area contributed by atoms with E-state index in [1.807, 2.05) is 19.9 Å². The second kappa shape index (κ2) is 6.75. The normalized spacial score (nSPS) is 19.0. The molecule has 116 valence electrons. The topological polar surface area (TPSA) is 32.3 Å². The van der Waals surface area contributed by atoms with E-state index in [0.29, 0.717) is 5.88 Å². The minimum absolute atomic E-state index is 0.0411. The maximum absolute atomic E-state index is 13.4. The van der Waals surface area contributed by atoms with Gasteiger partial charge in [0.2, 0.25) is 5.91 Å². The number of carbonyl (C=O) groups is 1. The quantitative estimate of drug-likeness (QED) is 0.842. The maximum atomic E-state index is 13.4. The van der Waals surface area contributed by atoms with Crippen molar-refractivity contribution in [2.24, 2.45) is 5.41 Å². The lowest BCUT2D eigenvalue weighted by molar-refractivity contribution is -0.145. The van der Waals surface area contributed by atoms with Crippen LogP contribution in [0.1, 0.15) is 44.7 Å². The monoisotopic (exact) mass is 312 g/mol. The Hall–Kier alpha value is -1.13. The SMILES string of the molecule is CC(C)(CCCCl)C(=O)N1NCCC1c1cccc(F)c1. The summed E-state index contributed by atoms with van der Waals surface area (Å²) in [5.74, 6) is 0.324. The number of amides is 1. The van der Waals surface area contributed by atoms with Gasteiger partial charge in [0.1, 0.15) is 5.82 Å². The first-order valence-corrected chi connectivity index (χ1v) is 7.88. The number of rotatable bonds is 5. The van der Waals surface area contributed by atoms with Gasteiger partial charge in [-0.2, -0.15) is 0 Å². The number of benzene rings is 1. The van der Waals surface area contributed by atoms with Crippen LogP contribution in [0, 0.1) is 11.2 Å². The summed E-state index contributed by atoms with van der Waals surface area (Å²) in [5, 5.41) is 1.67. The highest BCUT2D eigenvalue weighted by atomic mass is 35.5. The van der Waals surface area contributed by atoms with Crippen molar-refractivity contribution in [2.75, 3.05) is 12.4 Å². The Morgan fingerprint density at radius 3 is 2.95 bits per heavy atom. The highest BCUT2D eigenvalue weighted by Gasteiger charge is 2.38.